The molecule has 0 radical (unpaired) electrons. The zero-order valence-corrected chi connectivity index (χ0v) is 11.6. The van der Waals surface area contributed by atoms with Gasteiger partial charge in [-0.2, -0.15) is 5.10 Å². The van der Waals surface area contributed by atoms with Gasteiger partial charge in [-0.3, -0.25) is 19.0 Å². The van der Waals surface area contributed by atoms with Crippen molar-refractivity contribution in [3.8, 4) is 0 Å². The number of aliphatic hydroxyl groups excluding tert-OH is 2. The lowest BCUT2D eigenvalue weighted by molar-refractivity contribution is -0.143. The lowest BCUT2D eigenvalue weighted by Gasteiger charge is -2.30. The highest BCUT2D eigenvalue weighted by atomic mass is 16.6. The fourth-order valence-corrected chi connectivity index (χ4v) is 3.35. The number of hydrogen-bond acceptors (Lipinski definition) is 6. The van der Waals surface area contributed by atoms with Crippen molar-refractivity contribution < 1.29 is 14.9 Å². The van der Waals surface area contributed by atoms with E-state index < -0.39 is 41.8 Å². The van der Waals surface area contributed by atoms with Gasteiger partial charge in [-0.15, -0.1) is 0 Å². The molecule has 0 aromatic carbocycles. The van der Waals surface area contributed by atoms with E-state index >= 15 is 0 Å². The minimum absolute atomic E-state index is 0.346. The number of nitrogens with zero attached hydrogens (tertiary/aromatic N) is 3. The van der Waals surface area contributed by atoms with Crippen molar-refractivity contribution in [3.05, 3.63) is 50.6 Å². The summed E-state index contributed by atoms with van der Waals surface area (Å²) in [6, 6.07) is 1.01. The third-order valence-electron chi connectivity index (χ3n) is 4.47. The summed E-state index contributed by atoms with van der Waals surface area (Å²) in [6.45, 7) is 1.13. The maximum atomic E-state index is 12.1. The molecule has 2 aliphatic rings. The van der Waals surface area contributed by atoms with Crippen LogP contribution in [0.2, 0.25) is 0 Å². The smallest absolute Gasteiger partial charge is 0.330 e. The van der Waals surface area contributed by atoms with Crippen LogP contribution in [0.1, 0.15) is 23.5 Å². The Morgan fingerprint density at radius 1 is 1.50 bits per heavy atom. The number of ether oxygens (including phenoxy) is 1. The van der Waals surface area contributed by atoms with E-state index in [9.17, 15) is 19.8 Å². The Morgan fingerprint density at radius 2 is 2.27 bits per heavy atom. The van der Waals surface area contributed by atoms with Crippen molar-refractivity contribution >= 4 is 0 Å². The number of hydrogen-bond donors (Lipinski definition) is 3. The average molecular weight is 306 g/mol. The van der Waals surface area contributed by atoms with Gasteiger partial charge in [0, 0.05) is 18.0 Å². The molecule has 0 spiro atoms. The second-order valence-corrected chi connectivity index (χ2v) is 5.63. The van der Waals surface area contributed by atoms with Crippen LogP contribution in [0.5, 0.6) is 0 Å². The number of nitrogens with one attached hydrogen (secondary N) is 1. The van der Waals surface area contributed by atoms with Gasteiger partial charge in [0.15, 0.2) is 11.8 Å². The SMILES string of the molecule is Cc1cn([C@@H]2O[C@@]3(CO)c4ccnn4[C@H]2C3O)c(=O)[nH]c1=O. The fraction of sp³-hybridized carbons (Fsp3) is 0.462. The van der Waals surface area contributed by atoms with Crippen LogP contribution in [-0.2, 0) is 10.3 Å². The van der Waals surface area contributed by atoms with Crippen molar-refractivity contribution in [2.45, 2.75) is 30.9 Å². The minimum atomic E-state index is -1.31. The summed E-state index contributed by atoms with van der Waals surface area (Å²) in [5, 5.41) is 24.4. The first kappa shape index (κ1) is 13.4. The standard InChI is InChI=1S/C13H14N4O5/c1-6-4-16(12(21)15-10(6)20)11-8-9(19)13(5-18,22-11)7-2-3-14-17(7)8/h2-4,8-9,11,18-19H,5H2,1H3,(H,15,20,21)/t8-,9?,11+,13-/m0/s1. The summed E-state index contributed by atoms with van der Waals surface area (Å²) in [4.78, 5) is 25.8. The first-order valence-electron chi connectivity index (χ1n) is 6.82. The van der Waals surface area contributed by atoms with Crippen LogP contribution in [-0.4, -0.2) is 42.3 Å². The Kier molecular flexibility index (Phi) is 2.54. The number of rotatable bonds is 2. The Bertz CT molecular complexity index is 868. The molecule has 4 atom stereocenters. The molecule has 0 saturated carbocycles. The van der Waals surface area contributed by atoms with Gasteiger partial charge in [0.1, 0.15) is 12.1 Å². The molecule has 9 nitrogen and oxygen atoms in total. The van der Waals surface area contributed by atoms with Crippen molar-refractivity contribution in [2.24, 2.45) is 0 Å². The topological polar surface area (TPSA) is 122 Å². The molecular weight excluding hydrogens is 292 g/mol. The summed E-state index contributed by atoms with van der Waals surface area (Å²) in [5.41, 5.74) is -1.50. The molecule has 0 aliphatic carbocycles. The van der Waals surface area contributed by atoms with Gasteiger partial charge in [-0.05, 0) is 13.0 Å². The van der Waals surface area contributed by atoms with Gasteiger partial charge in [-0.1, -0.05) is 0 Å². The average Bonchev–Trinajstić information content (AvgIpc) is 3.12. The molecule has 1 unspecified atom stereocenters. The minimum Gasteiger partial charge on any atom is -0.393 e. The van der Waals surface area contributed by atoms with E-state index in [2.05, 4.69) is 10.1 Å². The Balaban J connectivity index is 1.90. The van der Waals surface area contributed by atoms with E-state index in [4.69, 9.17) is 4.74 Å². The molecule has 4 heterocycles. The second kappa shape index (κ2) is 4.15. The molecule has 22 heavy (non-hydrogen) atoms. The molecule has 2 aromatic heterocycles. The van der Waals surface area contributed by atoms with Crippen molar-refractivity contribution in [3.63, 3.8) is 0 Å². The molecule has 2 aliphatic heterocycles. The number of aromatic amines is 1. The zero-order valence-electron chi connectivity index (χ0n) is 11.6. The monoisotopic (exact) mass is 306 g/mol. The predicted molar refractivity (Wildman–Crippen MR) is 72.2 cm³/mol. The quantitative estimate of drug-likeness (QED) is 0.612. The molecule has 4 rings (SSSR count). The molecule has 116 valence electrons. The van der Waals surface area contributed by atoms with Crippen LogP contribution in [0.4, 0.5) is 0 Å². The number of aryl methyl sites for hydroxylation is 1. The van der Waals surface area contributed by atoms with E-state index in [1.807, 2.05) is 0 Å². The summed E-state index contributed by atoms with van der Waals surface area (Å²) in [5.74, 6) is 0. The van der Waals surface area contributed by atoms with Crippen LogP contribution < -0.4 is 11.2 Å². The Hall–Kier alpha value is -2.23. The maximum absolute atomic E-state index is 12.1. The molecule has 3 N–H and O–H groups in total. The van der Waals surface area contributed by atoms with E-state index in [1.54, 1.807) is 23.9 Å². The van der Waals surface area contributed by atoms with Gasteiger partial charge in [0.2, 0.25) is 0 Å². The fourth-order valence-electron chi connectivity index (χ4n) is 3.35. The number of H-pyrrole nitrogens is 1. The van der Waals surface area contributed by atoms with E-state index in [0.717, 1.165) is 0 Å². The molecule has 1 saturated heterocycles. The maximum Gasteiger partial charge on any atom is 0.330 e. The van der Waals surface area contributed by atoms with Gasteiger partial charge < -0.3 is 14.9 Å². The van der Waals surface area contributed by atoms with Crippen LogP contribution in [0, 0.1) is 6.92 Å². The van der Waals surface area contributed by atoms with Crippen molar-refractivity contribution in [1.82, 2.24) is 19.3 Å². The van der Waals surface area contributed by atoms with Gasteiger partial charge in [0.25, 0.3) is 5.56 Å². The Labute approximate surface area is 123 Å². The molecular formula is C13H14N4O5. The lowest BCUT2D eigenvalue weighted by Crippen LogP contribution is -2.40. The summed E-state index contributed by atoms with van der Waals surface area (Å²) in [6.07, 6.45) is 1.03. The number of aliphatic hydroxyl groups is 2. The number of fused-ring (bicyclic) bond motifs is 5. The van der Waals surface area contributed by atoms with E-state index in [-0.39, 0.29) is 0 Å². The summed E-state index contributed by atoms with van der Waals surface area (Å²) >= 11 is 0. The number of aromatic nitrogens is 4. The summed E-state index contributed by atoms with van der Waals surface area (Å²) < 4.78 is 8.61. The molecule has 9 heteroatoms. The predicted octanol–water partition coefficient (Wildman–Crippen LogP) is -1.63. The normalized spacial score (nSPS) is 32.4. The third-order valence-corrected chi connectivity index (χ3v) is 4.47. The second-order valence-electron chi connectivity index (χ2n) is 5.63. The van der Waals surface area contributed by atoms with Crippen molar-refractivity contribution in [2.75, 3.05) is 6.61 Å². The lowest BCUT2D eigenvalue weighted by atomic mass is 9.96. The van der Waals surface area contributed by atoms with Crippen LogP contribution in [0.25, 0.3) is 0 Å². The molecule has 2 bridgehead atoms. The van der Waals surface area contributed by atoms with Crippen LogP contribution in [0.15, 0.2) is 28.0 Å². The highest BCUT2D eigenvalue weighted by Gasteiger charge is 2.64. The van der Waals surface area contributed by atoms with Crippen molar-refractivity contribution in [1.29, 1.82) is 0 Å². The molecule has 2 aromatic rings. The largest absolute Gasteiger partial charge is 0.393 e. The Morgan fingerprint density at radius 3 is 3.00 bits per heavy atom. The van der Waals surface area contributed by atoms with E-state index in [0.29, 0.717) is 11.3 Å². The highest BCUT2D eigenvalue weighted by Crippen LogP contribution is 2.55. The third kappa shape index (κ3) is 1.40. The van der Waals surface area contributed by atoms with Crippen LogP contribution in [0.3, 0.4) is 0 Å². The van der Waals surface area contributed by atoms with E-state index in [1.165, 1.54) is 10.8 Å². The highest BCUT2D eigenvalue weighted by molar-refractivity contribution is 5.27. The zero-order chi connectivity index (χ0) is 15.6. The van der Waals surface area contributed by atoms with Gasteiger partial charge in [-0.25, -0.2) is 4.79 Å². The van der Waals surface area contributed by atoms with Gasteiger partial charge >= 0.3 is 5.69 Å². The molecule has 1 fully saturated rings. The first-order valence-corrected chi connectivity index (χ1v) is 6.82. The van der Waals surface area contributed by atoms with Gasteiger partial charge in [0.05, 0.1) is 12.3 Å². The molecule has 0 amide bonds. The first-order chi connectivity index (χ1) is 10.5. The summed E-state index contributed by atoms with van der Waals surface area (Å²) in [7, 11) is 0. The van der Waals surface area contributed by atoms with Crippen LogP contribution >= 0.6 is 0 Å².